The van der Waals surface area contributed by atoms with Crippen LogP contribution in [0.1, 0.15) is 60.3 Å². The highest BCUT2D eigenvalue weighted by molar-refractivity contribution is 5.72. The van der Waals surface area contributed by atoms with E-state index in [2.05, 4.69) is 12.2 Å². The van der Waals surface area contributed by atoms with Gasteiger partial charge in [-0.25, -0.2) is 0 Å². The SMILES string of the molecule is CCCCCCNCC(C)C(=O)OC(C)(C)C. The van der Waals surface area contributed by atoms with Gasteiger partial charge in [0.05, 0.1) is 5.92 Å². The number of unbranched alkanes of at least 4 members (excludes halogenated alkanes) is 3. The minimum Gasteiger partial charge on any atom is -0.460 e. The minimum atomic E-state index is -0.382. The number of esters is 1. The van der Waals surface area contributed by atoms with Crippen molar-refractivity contribution in [2.45, 2.75) is 65.9 Å². The van der Waals surface area contributed by atoms with Gasteiger partial charge in [0.1, 0.15) is 5.60 Å². The standard InChI is InChI=1S/C14H29NO2/c1-6-7-8-9-10-15-11-12(2)13(16)17-14(3,4)5/h12,15H,6-11H2,1-5H3. The Balaban J connectivity index is 3.58. The van der Waals surface area contributed by atoms with Crippen molar-refractivity contribution >= 4 is 5.97 Å². The molecule has 0 heterocycles. The lowest BCUT2D eigenvalue weighted by Crippen LogP contribution is -2.33. The van der Waals surface area contributed by atoms with Gasteiger partial charge < -0.3 is 10.1 Å². The van der Waals surface area contributed by atoms with Crippen molar-refractivity contribution in [1.82, 2.24) is 5.32 Å². The number of hydrogen-bond acceptors (Lipinski definition) is 3. The van der Waals surface area contributed by atoms with Gasteiger partial charge in [0.25, 0.3) is 0 Å². The van der Waals surface area contributed by atoms with Gasteiger partial charge in [0.15, 0.2) is 0 Å². The zero-order valence-electron chi connectivity index (χ0n) is 12.1. The predicted octanol–water partition coefficient (Wildman–Crippen LogP) is 3.13. The molecule has 1 unspecified atom stereocenters. The van der Waals surface area contributed by atoms with Gasteiger partial charge in [0, 0.05) is 6.54 Å². The van der Waals surface area contributed by atoms with E-state index in [1.165, 1.54) is 25.7 Å². The molecular formula is C14H29NO2. The molecule has 1 N–H and O–H groups in total. The average Bonchev–Trinajstić information content (AvgIpc) is 2.20. The molecule has 102 valence electrons. The smallest absolute Gasteiger partial charge is 0.310 e. The van der Waals surface area contributed by atoms with Crippen LogP contribution in [0.5, 0.6) is 0 Å². The summed E-state index contributed by atoms with van der Waals surface area (Å²) in [6.07, 6.45) is 5.01. The number of carbonyl (C=O) groups excluding carboxylic acids is 1. The fraction of sp³-hybridized carbons (Fsp3) is 0.929. The average molecular weight is 243 g/mol. The van der Waals surface area contributed by atoms with Crippen molar-refractivity contribution in [2.24, 2.45) is 5.92 Å². The van der Waals surface area contributed by atoms with Gasteiger partial charge in [-0.1, -0.05) is 33.1 Å². The lowest BCUT2D eigenvalue weighted by atomic mass is 10.1. The van der Waals surface area contributed by atoms with Crippen LogP contribution in [0.4, 0.5) is 0 Å². The normalized spacial score (nSPS) is 13.5. The molecule has 0 rings (SSSR count). The summed E-state index contributed by atoms with van der Waals surface area (Å²) in [5.41, 5.74) is -0.382. The maximum Gasteiger partial charge on any atom is 0.310 e. The Labute approximate surface area is 106 Å². The maximum atomic E-state index is 11.7. The number of ether oxygens (including phenoxy) is 1. The Morgan fingerprint density at radius 1 is 1.24 bits per heavy atom. The molecule has 3 nitrogen and oxygen atoms in total. The first-order valence-corrected chi connectivity index (χ1v) is 6.80. The summed E-state index contributed by atoms with van der Waals surface area (Å²) in [6, 6.07) is 0. The highest BCUT2D eigenvalue weighted by Crippen LogP contribution is 2.10. The van der Waals surface area contributed by atoms with E-state index in [9.17, 15) is 4.79 Å². The van der Waals surface area contributed by atoms with E-state index in [-0.39, 0.29) is 17.5 Å². The second kappa shape index (κ2) is 8.51. The van der Waals surface area contributed by atoms with Crippen molar-refractivity contribution in [3.05, 3.63) is 0 Å². The molecule has 0 aliphatic carbocycles. The van der Waals surface area contributed by atoms with Crippen molar-refractivity contribution in [3.8, 4) is 0 Å². The monoisotopic (exact) mass is 243 g/mol. The highest BCUT2D eigenvalue weighted by atomic mass is 16.6. The molecule has 0 spiro atoms. The van der Waals surface area contributed by atoms with E-state index < -0.39 is 0 Å². The van der Waals surface area contributed by atoms with Gasteiger partial charge in [0.2, 0.25) is 0 Å². The second-order valence-electron chi connectivity index (χ2n) is 5.70. The number of carbonyl (C=O) groups is 1. The third-order valence-electron chi connectivity index (χ3n) is 2.47. The van der Waals surface area contributed by atoms with Crippen LogP contribution < -0.4 is 5.32 Å². The summed E-state index contributed by atoms with van der Waals surface area (Å²) < 4.78 is 5.32. The van der Waals surface area contributed by atoms with Crippen LogP contribution in [0, 0.1) is 5.92 Å². The molecule has 3 heteroatoms. The van der Waals surface area contributed by atoms with Gasteiger partial charge in [-0.2, -0.15) is 0 Å². The first-order valence-electron chi connectivity index (χ1n) is 6.80. The molecule has 0 aromatic heterocycles. The zero-order chi connectivity index (χ0) is 13.3. The molecule has 17 heavy (non-hydrogen) atoms. The van der Waals surface area contributed by atoms with E-state index in [0.29, 0.717) is 6.54 Å². The lowest BCUT2D eigenvalue weighted by Gasteiger charge is -2.22. The lowest BCUT2D eigenvalue weighted by molar-refractivity contribution is -0.159. The molecule has 0 bridgehead atoms. The van der Waals surface area contributed by atoms with E-state index in [0.717, 1.165) is 6.54 Å². The third-order valence-corrected chi connectivity index (χ3v) is 2.47. The van der Waals surface area contributed by atoms with Crippen LogP contribution in [0.3, 0.4) is 0 Å². The Hall–Kier alpha value is -0.570. The Morgan fingerprint density at radius 2 is 1.88 bits per heavy atom. The molecule has 0 saturated carbocycles. The summed E-state index contributed by atoms with van der Waals surface area (Å²) in [4.78, 5) is 11.7. The van der Waals surface area contributed by atoms with Gasteiger partial charge in [-0.3, -0.25) is 4.79 Å². The summed E-state index contributed by atoms with van der Waals surface area (Å²) in [7, 11) is 0. The molecule has 0 aliphatic rings. The largest absolute Gasteiger partial charge is 0.460 e. The van der Waals surface area contributed by atoms with E-state index in [4.69, 9.17) is 4.74 Å². The molecule has 0 aromatic rings. The van der Waals surface area contributed by atoms with Crippen LogP contribution in [0.2, 0.25) is 0 Å². The number of hydrogen-bond donors (Lipinski definition) is 1. The van der Waals surface area contributed by atoms with Crippen molar-refractivity contribution in [2.75, 3.05) is 13.1 Å². The summed E-state index contributed by atoms with van der Waals surface area (Å²) >= 11 is 0. The second-order valence-corrected chi connectivity index (χ2v) is 5.70. The first-order chi connectivity index (χ1) is 7.87. The molecule has 1 atom stereocenters. The van der Waals surface area contributed by atoms with Crippen molar-refractivity contribution in [1.29, 1.82) is 0 Å². The predicted molar refractivity (Wildman–Crippen MR) is 72.0 cm³/mol. The first kappa shape index (κ1) is 16.4. The molecule has 0 aromatic carbocycles. The quantitative estimate of drug-likeness (QED) is 0.526. The number of nitrogens with one attached hydrogen (secondary N) is 1. The highest BCUT2D eigenvalue weighted by Gasteiger charge is 2.21. The molecule has 0 amide bonds. The van der Waals surface area contributed by atoms with Crippen molar-refractivity contribution in [3.63, 3.8) is 0 Å². The summed E-state index contributed by atoms with van der Waals surface area (Å²) in [5, 5.41) is 3.31. The van der Waals surface area contributed by atoms with Crippen LogP contribution in [0.15, 0.2) is 0 Å². The maximum absolute atomic E-state index is 11.7. The Morgan fingerprint density at radius 3 is 2.41 bits per heavy atom. The van der Waals surface area contributed by atoms with Crippen LogP contribution in [-0.4, -0.2) is 24.7 Å². The zero-order valence-corrected chi connectivity index (χ0v) is 12.1. The topological polar surface area (TPSA) is 38.3 Å². The minimum absolute atomic E-state index is 0.0691. The summed E-state index contributed by atoms with van der Waals surface area (Å²) in [5.74, 6) is -0.182. The van der Waals surface area contributed by atoms with Crippen LogP contribution >= 0.6 is 0 Å². The van der Waals surface area contributed by atoms with Gasteiger partial charge >= 0.3 is 5.97 Å². The van der Waals surface area contributed by atoms with Crippen molar-refractivity contribution < 1.29 is 9.53 Å². The third kappa shape index (κ3) is 10.3. The fourth-order valence-electron chi connectivity index (χ4n) is 1.48. The molecule has 0 saturated heterocycles. The molecular weight excluding hydrogens is 214 g/mol. The Kier molecular flexibility index (Phi) is 8.23. The molecule has 0 aliphatic heterocycles. The van der Waals surface area contributed by atoms with Crippen LogP contribution in [0.25, 0.3) is 0 Å². The van der Waals surface area contributed by atoms with E-state index in [1.54, 1.807) is 0 Å². The molecule has 0 radical (unpaired) electrons. The van der Waals surface area contributed by atoms with Gasteiger partial charge in [-0.05, 0) is 33.7 Å². The fourth-order valence-corrected chi connectivity index (χ4v) is 1.48. The molecule has 0 fully saturated rings. The van der Waals surface area contributed by atoms with E-state index >= 15 is 0 Å². The number of rotatable bonds is 8. The Bertz CT molecular complexity index is 209. The van der Waals surface area contributed by atoms with Crippen LogP contribution in [-0.2, 0) is 9.53 Å². The summed E-state index contributed by atoms with van der Waals surface area (Å²) in [6.45, 7) is 11.5. The van der Waals surface area contributed by atoms with Gasteiger partial charge in [-0.15, -0.1) is 0 Å². The van der Waals surface area contributed by atoms with E-state index in [1.807, 2.05) is 27.7 Å².